The average Bonchev–Trinajstić information content (AvgIpc) is 1.60. The monoisotopic (exact) mass is 1390 g/mol. The number of fused-ring (bicyclic) bond motifs is 7. The van der Waals surface area contributed by atoms with Crippen molar-refractivity contribution >= 4 is 54.5 Å². The number of hydrogen-bond donors (Lipinski definition) is 0. The van der Waals surface area contributed by atoms with Crippen LogP contribution in [0.2, 0.25) is 0 Å². The minimum Gasteiger partial charge on any atom is -0.307 e. The Balaban J connectivity index is 0.934. The molecule has 0 aliphatic heterocycles. The summed E-state index contributed by atoms with van der Waals surface area (Å²) in [5, 5.41) is 5.23. The van der Waals surface area contributed by atoms with Crippen LogP contribution in [0.15, 0.2) is 405 Å². The highest BCUT2D eigenvalue weighted by atomic mass is 16.1. The first-order chi connectivity index (χ1) is 53.9. The number of rotatable bonds is 14. The molecule has 7 heteroatoms. The van der Waals surface area contributed by atoms with Gasteiger partial charge in [0.2, 0.25) is 0 Å². The predicted molar refractivity (Wildman–Crippen MR) is 451 cm³/mol. The lowest BCUT2D eigenvalue weighted by Gasteiger charge is -2.22. The van der Waals surface area contributed by atoms with Crippen molar-refractivity contribution in [3.8, 4) is 140 Å². The maximum atomic E-state index is 16.4. The normalized spacial score (nSPS) is 11.5. The number of nitrogens with zero attached hydrogens (tertiary/aromatic N) is 6. The summed E-state index contributed by atoms with van der Waals surface area (Å²) in [4.78, 5) is 32.9. The summed E-state index contributed by atoms with van der Waals surface area (Å²) >= 11 is 0. The van der Waals surface area contributed by atoms with E-state index in [-0.39, 0.29) is 5.56 Å². The molecule has 6 heterocycles. The van der Waals surface area contributed by atoms with E-state index >= 15 is 4.79 Å². The minimum absolute atomic E-state index is 0.198. The predicted octanol–water partition coefficient (Wildman–Crippen LogP) is 25.7. The lowest BCUT2D eigenvalue weighted by molar-refractivity contribution is 1.03. The molecular weight excluding hydrogens is 1330 g/mol. The smallest absolute Gasteiger partial charge is 0.256 e. The first-order valence-electron chi connectivity index (χ1n) is 36.9. The zero-order chi connectivity index (χ0) is 72.3. The minimum atomic E-state index is -0.198. The molecule has 0 bridgehead atoms. The zero-order valence-corrected chi connectivity index (χ0v) is 59.2. The van der Waals surface area contributed by atoms with Crippen LogP contribution in [-0.2, 0) is 0 Å². The van der Waals surface area contributed by atoms with Crippen molar-refractivity contribution in [3.63, 3.8) is 0 Å². The molecule has 109 heavy (non-hydrogen) atoms. The number of pyridine rings is 4. The first kappa shape index (κ1) is 64.0. The molecule has 0 aliphatic rings. The highest BCUT2D eigenvalue weighted by molar-refractivity contribution is 6.15. The molecule has 0 unspecified atom stereocenters. The molecule has 0 atom stereocenters. The SMILES string of the molecule is O=c1cc(-c2cc(-c3cc(-c4ccccc4)nc(-c4ccccc4)c3)nc(-c3cc(-c4ccccc4)nc(-c4ccccc4)c3)c2)c2cc(-n3c4ccc(-c5ccccc5)cc4c4cc(-c5ccccc5)ccc43)c(-n3c4ccc(-c5ccccc5)cc4c4cc(-c5ccccc5)ccc43)cc2n1-c1ccccc1. The van der Waals surface area contributed by atoms with Gasteiger partial charge in [-0.15, -0.1) is 0 Å². The Bertz CT molecular complexity index is 6470. The van der Waals surface area contributed by atoms with E-state index in [4.69, 9.17) is 15.0 Å². The van der Waals surface area contributed by atoms with E-state index in [1.165, 1.54) is 0 Å². The van der Waals surface area contributed by atoms with Gasteiger partial charge in [0.1, 0.15) is 0 Å². The van der Waals surface area contributed by atoms with Crippen molar-refractivity contribution in [1.29, 1.82) is 0 Å². The quantitative estimate of drug-likeness (QED) is 0.109. The van der Waals surface area contributed by atoms with Gasteiger partial charge >= 0.3 is 0 Å². The molecule has 0 saturated carbocycles. The average molecular weight is 1390 g/mol. The third-order valence-corrected chi connectivity index (χ3v) is 21.2. The zero-order valence-electron chi connectivity index (χ0n) is 59.2. The summed E-state index contributed by atoms with van der Waals surface area (Å²) in [6, 6.07) is 141. The molecule has 7 nitrogen and oxygen atoms in total. The second kappa shape index (κ2) is 27.1. The molecule has 0 radical (unpaired) electrons. The fourth-order valence-corrected chi connectivity index (χ4v) is 16.0. The van der Waals surface area contributed by atoms with Gasteiger partial charge in [-0.05, 0) is 165 Å². The van der Waals surface area contributed by atoms with Crippen LogP contribution >= 0.6 is 0 Å². The van der Waals surface area contributed by atoms with Gasteiger partial charge in [-0.2, -0.15) is 0 Å². The van der Waals surface area contributed by atoms with E-state index in [2.05, 4.69) is 349 Å². The summed E-state index contributed by atoms with van der Waals surface area (Å²) in [7, 11) is 0. The van der Waals surface area contributed by atoms with Crippen LogP contribution in [0.5, 0.6) is 0 Å². The van der Waals surface area contributed by atoms with Gasteiger partial charge < -0.3 is 9.13 Å². The molecule has 20 rings (SSSR count). The summed E-state index contributed by atoms with van der Waals surface area (Å²) in [5.41, 5.74) is 27.8. The summed E-state index contributed by atoms with van der Waals surface area (Å²) in [6.45, 7) is 0. The van der Waals surface area contributed by atoms with Gasteiger partial charge in [0.25, 0.3) is 5.56 Å². The molecular formula is C102H66N6O. The molecule has 0 N–H and O–H groups in total. The van der Waals surface area contributed by atoms with Crippen LogP contribution < -0.4 is 5.56 Å². The number of aromatic nitrogens is 6. The Kier molecular flexibility index (Phi) is 15.9. The van der Waals surface area contributed by atoms with Crippen molar-refractivity contribution in [2.75, 3.05) is 0 Å². The van der Waals surface area contributed by atoms with Crippen molar-refractivity contribution in [2.24, 2.45) is 0 Å². The molecule has 0 saturated heterocycles. The third-order valence-electron chi connectivity index (χ3n) is 21.2. The van der Waals surface area contributed by atoms with E-state index in [9.17, 15) is 0 Å². The molecule has 14 aromatic carbocycles. The van der Waals surface area contributed by atoms with Crippen molar-refractivity contribution in [3.05, 3.63) is 411 Å². The summed E-state index contributed by atoms with van der Waals surface area (Å²) in [6.07, 6.45) is 0. The molecule has 510 valence electrons. The molecule has 0 amide bonds. The number of benzene rings is 14. The Morgan fingerprint density at radius 2 is 0.431 bits per heavy atom. The Morgan fingerprint density at radius 3 is 0.734 bits per heavy atom. The lowest BCUT2D eigenvalue weighted by atomic mass is 9.95. The van der Waals surface area contributed by atoms with Crippen LogP contribution in [0, 0.1) is 0 Å². The Morgan fingerprint density at radius 1 is 0.174 bits per heavy atom. The van der Waals surface area contributed by atoms with Gasteiger partial charge in [0.15, 0.2) is 0 Å². The van der Waals surface area contributed by atoms with Gasteiger partial charge in [-0.3, -0.25) is 9.36 Å². The van der Waals surface area contributed by atoms with Crippen molar-refractivity contribution < 1.29 is 0 Å². The maximum absolute atomic E-state index is 16.4. The van der Waals surface area contributed by atoms with Gasteiger partial charge in [0.05, 0.1) is 73.1 Å². The lowest BCUT2D eigenvalue weighted by Crippen LogP contribution is -2.19. The summed E-state index contributed by atoms with van der Waals surface area (Å²) < 4.78 is 6.82. The fourth-order valence-electron chi connectivity index (χ4n) is 16.0. The maximum Gasteiger partial charge on any atom is 0.256 e. The van der Waals surface area contributed by atoms with Crippen LogP contribution in [0.4, 0.5) is 0 Å². The van der Waals surface area contributed by atoms with Crippen LogP contribution in [0.25, 0.3) is 195 Å². The second-order valence-corrected chi connectivity index (χ2v) is 27.8. The molecule has 20 aromatic rings. The number of hydrogen-bond acceptors (Lipinski definition) is 4. The largest absolute Gasteiger partial charge is 0.307 e. The molecule has 0 fully saturated rings. The van der Waals surface area contributed by atoms with Crippen LogP contribution in [0.1, 0.15) is 0 Å². The standard InChI is InChI=1S/C102H66N6O/c109-102-65-83(79-58-93(80-60-89(71-36-18-5-19-37-71)103-90(61-80)72-38-20-6-21-39-72)105-94(59-79)81-62-91(73-40-22-7-23-41-73)104-92(63-81)74-42-24-8-25-43-74)88-64-100(107-95-50-46-75(67-28-10-1-11-29-67)54-84(95)85-55-76(47-51-96(85)107)68-30-12-2-13-31-68)101(66-99(88)106(102)82-44-26-9-27-45-82)108-97-52-48-77(69-32-14-3-15-33-69)56-86(97)87-57-78(49-53-98(87)108)70-34-16-4-17-35-70/h1-66H. The van der Waals surface area contributed by atoms with Crippen molar-refractivity contribution in [2.45, 2.75) is 0 Å². The summed E-state index contributed by atoms with van der Waals surface area (Å²) in [5.74, 6) is 0. The Labute approximate surface area is 630 Å². The van der Waals surface area contributed by atoms with E-state index in [1.807, 2.05) is 65.2 Å². The number of para-hydroxylation sites is 1. The van der Waals surface area contributed by atoms with E-state index < -0.39 is 0 Å². The third kappa shape index (κ3) is 11.8. The molecule has 6 aromatic heterocycles. The van der Waals surface area contributed by atoms with Gasteiger partial charge in [0, 0.05) is 72.1 Å². The van der Waals surface area contributed by atoms with Crippen LogP contribution in [0.3, 0.4) is 0 Å². The first-order valence-corrected chi connectivity index (χ1v) is 36.9. The highest BCUT2D eigenvalue weighted by Gasteiger charge is 2.27. The van der Waals surface area contributed by atoms with Crippen LogP contribution in [-0.4, -0.2) is 28.7 Å². The Hall–Kier alpha value is -14.7. The molecule has 0 aliphatic carbocycles. The van der Waals surface area contributed by atoms with Gasteiger partial charge in [-0.25, -0.2) is 15.0 Å². The fraction of sp³-hybridized carbons (Fsp3) is 0. The molecule has 0 spiro atoms. The van der Waals surface area contributed by atoms with Crippen molar-refractivity contribution in [1.82, 2.24) is 28.7 Å². The van der Waals surface area contributed by atoms with E-state index in [0.717, 1.165) is 178 Å². The second-order valence-electron chi connectivity index (χ2n) is 27.8. The van der Waals surface area contributed by atoms with E-state index in [0.29, 0.717) is 16.9 Å². The van der Waals surface area contributed by atoms with E-state index in [1.54, 1.807) is 0 Å². The van der Waals surface area contributed by atoms with Gasteiger partial charge in [-0.1, -0.05) is 285 Å². The highest BCUT2D eigenvalue weighted by Crippen LogP contribution is 2.46. The topological polar surface area (TPSA) is 70.5 Å².